The van der Waals surface area contributed by atoms with E-state index >= 15 is 0 Å². The molecule has 0 aliphatic carbocycles. The molecule has 0 saturated carbocycles. The number of ether oxygens (including phenoxy) is 1. The van der Waals surface area contributed by atoms with Crippen molar-refractivity contribution in [3.63, 3.8) is 0 Å². The van der Waals surface area contributed by atoms with E-state index in [1.54, 1.807) is 0 Å². The zero-order valence-electron chi connectivity index (χ0n) is 24.6. The molecular formula is C42H24N2O2. The highest BCUT2D eigenvalue weighted by molar-refractivity contribution is 6.24. The van der Waals surface area contributed by atoms with Crippen LogP contribution in [0, 0.1) is 0 Å². The molecular weight excluding hydrogens is 564 g/mol. The summed E-state index contributed by atoms with van der Waals surface area (Å²) in [6.45, 7) is 0. The smallest absolute Gasteiger partial charge is 0.152 e. The third kappa shape index (κ3) is 3.03. The van der Waals surface area contributed by atoms with Crippen molar-refractivity contribution in [2.75, 3.05) is 0 Å². The zero-order chi connectivity index (χ0) is 29.9. The quantitative estimate of drug-likeness (QED) is 0.201. The predicted molar refractivity (Wildman–Crippen MR) is 188 cm³/mol. The first-order valence-corrected chi connectivity index (χ1v) is 15.6. The Labute approximate surface area is 262 Å². The molecule has 0 saturated heterocycles. The lowest BCUT2D eigenvalue weighted by Gasteiger charge is -2.21. The van der Waals surface area contributed by atoms with Crippen molar-refractivity contribution >= 4 is 65.6 Å². The van der Waals surface area contributed by atoms with Gasteiger partial charge in [-0.2, -0.15) is 0 Å². The number of aromatic nitrogens is 2. The average molecular weight is 589 g/mol. The van der Waals surface area contributed by atoms with Crippen molar-refractivity contribution in [1.29, 1.82) is 0 Å². The molecule has 4 heterocycles. The second-order valence-corrected chi connectivity index (χ2v) is 12.1. The molecule has 46 heavy (non-hydrogen) atoms. The summed E-state index contributed by atoms with van der Waals surface area (Å²) in [5.41, 5.74) is 11.0. The van der Waals surface area contributed by atoms with Crippen LogP contribution in [0.5, 0.6) is 11.5 Å². The Balaban J connectivity index is 1.13. The summed E-state index contributed by atoms with van der Waals surface area (Å²) in [5.74, 6) is 1.76. The van der Waals surface area contributed by atoms with Gasteiger partial charge < -0.3 is 18.3 Å². The Morgan fingerprint density at radius 1 is 0.435 bits per heavy atom. The molecule has 7 aromatic carbocycles. The third-order valence-electron chi connectivity index (χ3n) is 9.72. The maximum Gasteiger partial charge on any atom is 0.152 e. The van der Waals surface area contributed by atoms with E-state index in [1.807, 2.05) is 24.3 Å². The molecule has 0 unspecified atom stereocenters. The molecule has 11 rings (SSSR count). The molecule has 1 aliphatic rings. The van der Waals surface area contributed by atoms with Crippen molar-refractivity contribution < 1.29 is 9.15 Å². The van der Waals surface area contributed by atoms with Crippen LogP contribution in [-0.2, 0) is 0 Å². The van der Waals surface area contributed by atoms with E-state index in [0.29, 0.717) is 0 Å². The van der Waals surface area contributed by atoms with Crippen molar-refractivity contribution in [3.8, 4) is 34.0 Å². The van der Waals surface area contributed by atoms with Gasteiger partial charge in [0.05, 0.1) is 33.1 Å². The third-order valence-corrected chi connectivity index (χ3v) is 9.72. The van der Waals surface area contributed by atoms with Gasteiger partial charge in [-0.3, -0.25) is 0 Å². The van der Waals surface area contributed by atoms with Crippen molar-refractivity contribution in [1.82, 2.24) is 9.13 Å². The van der Waals surface area contributed by atoms with Crippen LogP contribution in [0.2, 0.25) is 0 Å². The predicted octanol–water partition coefficient (Wildman–Crippen LogP) is 11.6. The van der Waals surface area contributed by atoms with Crippen LogP contribution >= 0.6 is 0 Å². The fraction of sp³-hybridized carbons (Fsp3) is 0. The van der Waals surface area contributed by atoms with Crippen LogP contribution in [0.25, 0.3) is 88.1 Å². The van der Waals surface area contributed by atoms with Gasteiger partial charge in [0.15, 0.2) is 11.5 Å². The summed E-state index contributed by atoms with van der Waals surface area (Å²) < 4.78 is 17.6. The number of nitrogens with zero attached hydrogens (tertiary/aromatic N) is 2. The van der Waals surface area contributed by atoms with E-state index in [4.69, 9.17) is 9.15 Å². The highest BCUT2D eigenvalue weighted by atomic mass is 16.5. The standard InChI is InChI=1S/C42H24N2O2/c1-5-13-33-30(10-1)39-27(22-24-38-41(39)44(33)34-14-6-8-16-37(34)45-38)25-17-19-26(20-18-25)43-32-12-4-2-11-31(32)40-35(43)23-21-29-28-9-3-7-15-36(28)46-42(29)40/h1-24H. The Bertz CT molecular complexity index is 2880. The molecule has 0 bridgehead atoms. The minimum absolute atomic E-state index is 0.876. The highest BCUT2D eigenvalue weighted by Gasteiger charge is 2.25. The Hall–Kier alpha value is -6.26. The largest absolute Gasteiger partial charge is 0.455 e. The summed E-state index contributed by atoms with van der Waals surface area (Å²) in [7, 11) is 0. The van der Waals surface area contributed by atoms with Gasteiger partial charge >= 0.3 is 0 Å². The molecule has 214 valence electrons. The average Bonchev–Trinajstić information content (AvgIpc) is 3.78. The minimum Gasteiger partial charge on any atom is -0.455 e. The van der Waals surface area contributed by atoms with E-state index in [-0.39, 0.29) is 0 Å². The fourth-order valence-electron chi connectivity index (χ4n) is 7.79. The minimum atomic E-state index is 0.876. The second-order valence-electron chi connectivity index (χ2n) is 12.1. The van der Waals surface area contributed by atoms with Gasteiger partial charge in [-0.15, -0.1) is 0 Å². The fourth-order valence-corrected chi connectivity index (χ4v) is 7.79. The van der Waals surface area contributed by atoms with Crippen LogP contribution in [0.3, 0.4) is 0 Å². The lowest BCUT2D eigenvalue weighted by atomic mass is 9.98. The van der Waals surface area contributed by atoms with Gasteiger partial charge in [0, 0.05) is 32.6 Å². The van der Waals surface area contributed by atoms with Gasteiger partial charge in [-0.05, 0) is 77.9 Å². The Kier molecular flexibility index (Phi) is 4.55. The van der Waals surface area contributed by atoms with Gasteiger partial charge in [-0.1, -0.05) is 78.9 Å². The molecule has 0 N–H and O–H groups in total. The first kappa shape index (κ1) is 24.1. The molecule has 0 amide bonds. The summed E-state index contributed by atoms with van der Waals surface area (Å²) in [5, 5.41) is 7.05. The summed E-state index contributed by atoms with van der Waals surface area (Å²) in [4.78, 5) is 0. The maximum atomic E-state index is 6.50. The second kappa shape index (κ2) is 8.68. The normalized spacial score (nSPS) is 12.5. The van der Waals surface area contributed by atoms with E-state index in [9.17, 15) is 0 Å². The van der Waals surface area contributed by atoms with Crippen molar-refractivity contribution in [3.05, 3.63) is 146 Å². The molecule has 0 fully saturated rings. The summed E-state index contributed by atoms with van der Waals surface area (Å²) >= 11 is 0. The van der Waals surface area contributed by atoms with E-state index in [0.717, 1.165) is 72.3 Å². The molecule has 0 spiro atoms. The van der Waals surface area contributed by atoms with Crippen LogP contribution in [-0.4, -0.2) is 9.13 Å². The zero-order valence-corrected chi connectivity index (χ0v) is 24.6. The summed E-state index contributed by atoms with van der Waals surface area (Å²) in [6, 6.07) is 51.6. The number of hydrogen-bond donors (Lipinski definition) is 0. The molecule has 0 radical (unpaired) electrons. The Morgan fingerprint density at radius 2 is 1.13 bits per heavy atom. The highest BCUT2D eigenvalue weighted by Crippen LogP contribution is 2.48. The number of rotatable bonds is 2. The van der Waals surface area contributed by atoms with Crippen LogP contribution < -0.4 is 4.74 Å². The van der Waals surface area contributed by atoms with Gasteiger partial charge in [-0.25, -0.2) is 0 Å². The topological polar surface area (TPSA) is 32.2 Å². The maximum absolute atomic E-state index is 6.50. The van der Waals surface area contributed by atoms with Crippen LogP contribution in [0.1, 0.15) is 0 Å². The van der Waals surface area contributed by atoms with Crippen LogP contribution in [0.4, 0.5) is 0 Å². The SMILES string of the molecule is c1ccc2c(c1)Oc1ccc(-c3ccc(-n4c5ccccc5c5c6oc7ccccc7c6ccc54)cc3)c3c4ccccc4n-2c13. The van der Waals surface area contributed by atoms with Gasteiger partial charge in [0.1, 0.15) is 11.2 Å². The van der Waals surface area contributed by atoms with Crippen molar-refractivity contribution in [2.24, 2.45) is 0 Å². The molecule has 1 aliphatic heterocycles. The van der Waals surface area contributed by atoms with Gasteiger partial charge in [0.2, 0.25) is 0 Å². The van der Waals surface area contributed by atoms with E-state index in [2.05, 4.69) is 130 Å². The van der Waals surface area contributed by atoms with E-state index in [1.165, 1.54) is 27.2 Å². The van der Waals surface area contributed by atoms with Crippen molar-refractivity contribution in [2.45, 2.75) is 0 Å². The molecule has 3 aromatic heterocycles. The first-order valence-electron chi connectivity index (χ1n) is 15.6. The molecule has 10 aromatic rings. The number of benzene rings is 7. The summed E-state index contributed by atoms with van der Waals surface area (Å²) in [6.07, 6.45) is 0. The number of para-hydroxylation sites is 5. The number of fused-ring (bicyclic) bond motifs is 12. The monoisotopic (exact) mass is 588 g/mol. The van der Waals surface area contributed by atoms with E-state index < -0.39 is 0 Å². The molecule has 0 atom stereocenters. The number of hydrogen-bond acceptors (Lipinski definition) is 2. The van der Waals surface area contributed by atoms with Crippen LogP contribution in [0.15, 0.2) is 150 Å². The first-order chi connectivity index (χ1) is 22.8. The number of furan rings is 1. The Morgan fingerprint density at radius 3 is 1.98 bits per heavy atom. The lowest BCUT2D eigenvalue weighted by molar-refractivity contribution is 0.476. The molecule has 4 nitrogen and oxygen atoms in total. The van der Waals surface area contributed by atoms with Gasteiger partial charge in [0.25, 0.3) is 0 Å². The lowest BCUT2D eigenvalue weighted by Crippen LogP contribution is -2.03. The molecule has 4 heteroatoms.